The predicted octanol–water partition coefficient (Wildman–Crippen LogP) is 2.62. The van der Waals surface area contributed by atoms with E-state index in [2.05, 4.69) is 30.7 Å². The fraction of sp³-hybridized carbons (Fsp3) is 0.667. The number of halogens is 2. The van der Waals surface area contributed by atoms with Gasteiger partial charge in [-0.2, -0.15) is 0 Å². The van der Waals surface area contributed by atoms with Crippen molar-refractivity contribution in [3.05, 3.63) is 22.6 Å². The van der Waals surface area contributed by atoms with Crippen molar-refractivity contribution in [2.24, 2.45) is 5.73 Å². The van der Waals surface area contributed by atoms with E-state index in [9.17, 15) is 4.39 Å². The minimum absolute atomic E-state index is 0.249. The Morgan fingerprint density at radius 2 is 2.05 bits per heavy atom. The summed E-state index contributed by atoms with van der Waals surface area (Å²) in [4.78, 5) is 8.75. The van der Waals surface area contributed by atoms with E-state index < -0.39 is 0 Å². The van der Waals surface area contributed by atoms with Gasteiger partial charge in [0.15, 0.2) is 11.6 Å². The summed E-state index contributed by atoms with van der Waals surface area (Å²) in [6, 6.07) is 1.48. The Hall–Kier alpha value is -0.720. The number of unbranched alkanes of at least 4 members (excludes halogenated alkanes) is 2. The number of anilines is 1. The predicted molar refractivity (Wildman–Crippen MR) is 88.1 cm³/mol. The molecule has 0 unspecified atom stereocenters. The molecule has 0 saturated carbocycles. The molecule has 118 valence electrons. The highest BCUT2D eigenvalue weighted by atomic mass is 79.9. The molecule has 6 heteroatoms. The molecule has 21 heavy (non-hydrogen) atoms. The largest absolute Gasteiger partial charge is 0.353 e. The first kappa shape index (κ1) is 16.6. The van der Waals surface area contributed by atoms with Crippen LogP contribution in [0.1, 0.15) is 25.7 Å². The SMILES string of the molecule is NCCCCCN1CCCN(c2ncc(Br)cc2F)CC1. The molecule has 4 nitrogen and oxygen atoms in total. The zero-order chi connectivity index (χ0) is 15.1. The first-order valence-corrected chi connectivity index (χ1v) is 8.48. The topological polar surface area (TPSA) is 45.4 Å². The van der Waals surface area contributed by atoms with Gasteiger partial charge in [0.05, 0.1) is 0 Å². The Labute approximate surface area is 134 Å². The van der Waals surface area contributed by atoms with E-state index in [1.54, 1.807) is 6.20 Å². The number of nitrogens with zero attached hydrogens (tertiary/aromatic N) is 3. The van der Waals surface area contributed by atoms with Crippen molar-refractivity contribution >= 4 is 21.7 Å². The maximum Gasteiger partial charge on any atom is 0.166 e. The van der Waals surface area contributed by atoms with Crippen LogP contribution in [0.4, 0.5) is 10.2 Å². The highest BCUT2D eigenvalue weighted by Gasteiger charge is 2.18. The number of hydrogen-bond donors (Lipinski definition) is 1. The van der Waals surface area contributed by atoms with Crippen LogP contribution in [0.25, 0.3) is 0 Å². The summed E-state index contributed by atoms with van der Waals surface area (Å²) < 4.78 is 14.7. The quantitative estimate of drug-likeness (QED) is 0.794. The van der Waals surface area contributed by atoms with Gasteiger partial charge in [-0.25, -0.2) is 9.37 Å². The molecule has 0 aromatic carbocycles. The summed E-state index contributed by atoms with van der Waals surface area (Å²) >= 11 is 3.25. The Kier molecular flexibility index (Phi) is 6.86. The average Bonchev–Trinajstić information content (AvgIpc) is 2.69. The molecular formula is C15H24BrFN4. The van der Waals surface area contributed by atoms with E-state index in [1.807, 2.05) is 0 Å². The lowest BCUT2D eigenvalue weighted by atomic mass is 10.2. The van der Waals surface area contributed by atoms with Gasteiger partial charge in [0.2, 0.25) is 0 Å². The van der Waals surface area contributed by atoms with Crippen LogP contribution in [0.15, 0.2) is 16.7 Å². The van der Waals surface area contributed by atoms with Gasteiger partial charge in [0, 0.05) is 30.3 Å². The third kappa shape index (κ3) is 5.20. The van der Waals surface area contributed by atoms with Crippen molar-refractivity contribution in [3.8, 4) is 0 Å². The van der Waals surface area contributed by atoms with Gasteiger partial charge in [-0.15, -0.1) is 0 Å². The molecule has 0 atom stereocenters. The molecule has 2 heterocycles. The van der Waals surface area contributed by atoms with E-state index in [1.165, 1.54) is 18.9 Å². The molecule has 0 amide bonds. The highest BCUT2D eigenvalue weighted by Crippen LogP contribution is 2.21. The average molecular weight is 359 g/mol. The number of rotatable bonds is 6. The van der Waals surface area contributed by atoms with E-state index in [4.69, 9.17) is 5.73 Å². The fourth-order valence-electron chi connectivity index (χ4n) is 2.70. The molecule has 1 aliphatic heterocycles. The highest BCUT2D eigenvalue weighted by molar-refractivity contribution is 9.10. The Morgan fingerprint density at radius 3 is 2.81 bits per heavy atom. The molecule has 2 N–H and O–H groups in total. The van der Waals surface area contributed by atoms with E-state index in [0.29, 0.717) is 10.3 Å². The smallest absolute Gasteiger partial charge is 0.166 e. The van der Waals surface area contributed by atoms with Crippen molar-refractivity contribution in [3.63, 3.8) is 0 Å². The lowest BCUT2D eigenvalue weighted by Gasteiger charge is -2.23. The van der Waals surface area contributed by atoms with Gasteiger partial charge in [-0.05, 0) is 60.9 Å². The molecule has 1 fully saturated rings. The Morgan fingerprint density at radius 1 is 1.19 bits per heavy atom. The van der Waals surface area contributed by atoms with Gasteiger partial charge in [-0.3, -0.25) is 0 Å². The molecule has 1 aromatic rings. The minimum atomic E-state index is -0.249. The normalized spacial score (nSPS) is 17.0. The molecule has 0 aliphatic carbocycles. The van der Waals surface area contributed by atoms with Crippen LogP contribution >= 0.6 is 15.9 Å². The summed E-state index contributed by atoms with van der Waals surface area (Å²) in [5.41, 5.74) is 5.51. The molecule has 0 spiro atoms. The number of pyridine rings is 1. The summed E-state index contributed by atoms with van der Waals surface area (Å²) in [6.45, 7) is 5.65. The van der Waals surface area contributed by atoms with E-state index in [0.717, 1.165) is 52.1 Å². The van der Waals surface area contributed by atoms with Crippen LogP contribution < -0.4 is 10.6 Å². The van der Waals surface area contributed by atoms with Gasteiger partial charge in [0.1, 0.15) is 0 Å². The second kappa shape index (κ2) is 8.66. The van der Waals surface area contributed by atoms with Crippen molar-refractivity contribution in [2.75, 3.05) is 44.2 Å². The van der Waals surface area contributed by atoms with Gasteiger partial charge < -0.3 is 15.5 Å². The molecule has 1 aliphatic rings. The second-order valence-electron chi connectivity index (χ2n) is 5.49. The second-order valence-corrected chi connectivity index (χ2v) is 6.41. The maximum absolute atomic E-state index is 14.0. The van der Waals surface area contributed by atoms with Gasteiger partial charge in [0.25, 0.3) is 0 Å². The fourth-order valence-corrected chi connectivity index (χ4v) is 3.01. The van der Waals surface area contributed by atoms with E-state index >= 15 is 0 Å². The summed E-state index contributed by atoms with van der Waals surface area (Å²) in [6.07, 6.45) is 6.21. The molecule has 0 bridgehead atoms. The van der Waals surface area contributed by atoms with Gasteiger partial charge in [-0.1, -0.05) is 6.42 Å². The van der Waals surface area contributed by atoms with Crippen molar-refractivity contribution in [2.45, 2.75) is 25.7 Å². The van der Waals surface area contributed by atoms with Crippen LogP contribution in [0, 0.1) is 5.82 Å². The first-order chi connectivity index (χ1) is 10.2. The molecule has 1 aromatic heterocycles. The van der Waals surface area contributed by atoms with Gasteiger partial charge >= 0.3 is 0 Å². The van der Waals surface area contributed by atoms with Crippen LogP contribution in [-0.4, -0.2) is 49.2 Å². The number of hydrogen-bond acceptors (Lipinski definition) is 4. The molecule has 0 radical (unpaired) electrons. The van der Waals surface area contributed by atoms with Crippen molar-refractivity contribution in [1.29, 1.82) is 0 Å². The zero-order valence-corrected chi connectivity index (χ0v) is 14.0. The molecule has 1 saturated heterocycles. The third-order valence-electron chi connectivity index (χ3n) is 3.85. The number of aromatic nitrogens is 1. The van der Waals surface area contributed by atoms with Crippen LogP contribution in [0.2, 0.25) is 0 Å². The molecular weight excluding hydrogens is 335 g/mol. The summed E-state index contributed by atoms with van der Waals surface area (Å²) in [7, 11) is 0. The van der Waals surface area contributed by atoms with Crippen LogP contribution in [-0.2, 0) is 0 Å². The lowest BCUT2D eigenvalue weighted by Crippen LogP contribution is -2.32. The monoisotopic (exact) mass is 358 g/mol. The Bertz CT molecular complexity index is 444. The summed E-state index contributed by atoms with van der Waals surface area (Å²) in [5.74, 6) is 0.226. The zero-order valence-electron chi connectivity index (χ0n) is 12.4. The number of nitrogens with two attached hydrogens (primary N) is 1. The van der Waals surface area contributed by atoms with Crippen LogP contribution in [0.3, 0.4) is 0 Å². The third-order valence-corrected chi connectivity index (χ3v) is 4.29. The summed E-state index contributed by atoms with van der Waals surface area (Å²) in [5, 5.41) is 0. The minimum Gasteiger partial charge on any atom is -0.353 e. The van der Waals surface area contributed by atoms with Crippen molar-refractivity contribution < 1.29 is 4.39 Å². The van der Waals surface area contributed by atoms with Crippen LogP contribution in [0.5, 0.6) is 0 Å². The van der Waals surface area contributed by atoms with Crippen molar-refractivity contribution in [1.82, 2.24) is 9.88 Å². The standard InChI is InChI=1S/C15H24BrFN4/c16-13-11-14(17)15(19-12-13)21-8-4-7-20(9-10-21)6-3-1-2-5-18/h11-12H,1-10,18H2. The first-order valence-electron chi connectivity index (χ1n) is 7.69. The van der Waals surface area contributed by atoms with E-state index in [-0.39, 0.29) is 5.82 Å². The Balaban J connectivity index is 1.85. The molecule has 2 rings (SSSR count). The maximum atomic E-state index is 14.0. The lowest BCUT2D eigenvalue weighted by molar-refractivity contribution is 0.286.